The average Bonchev–Trinajstić information content (AvgIpc) is 1.27. The quantitative estimate of drug-likeness (QED) is 0.625. The molecule has 0 saturated carbocycles. The van der Waals surface area contributed by atoms with Crippen LogP contribution in [0.2, 0.25) is 0 Å². The van der Waals surface area contributed by atoms with Gasteiger partial charge in [0.05, 0.1) is 0 Å². The molecule has 0 amide bonds. The Morgan fingerprint density at radius 2 is 2.12 bits per heavy atom. The van der Waals surface area contributed by atoms with Gasteiger partial charge in [-0.3, -0.25) is 4.79 Å². The van der Waals surface area contributed by atoms with Crippen molar-refractivity contribution < 1.29 is 41.8 Å². The number of rotatable bonds is 2. The maximum atomic E-state index is 11.1. The second-order valence-corrected chi connectivity index (χ2v) is 1.03. The van der Waals surface area contributed by atoms with E-state index in [4.69, 9.17) is 10.2 Å². The minimum atomic E-state index is -2.22. The second-order valence-electron chi connectivity index (χ2n) is 1.03. The Morgan fingerprint density at radius 3 is 2.12 bits per heavy atom. The molecule has 5 heteroatoms. The van der Waals surface area contributed by atoms with Crippen LogP contribution in [0.25, 0.3) is 0 Å². The smallest absolute Gasteiger partial charge is 0.308 e. The van der Waals surface area contributed by atoms with Gasteiger partial charge in [0, 0.05) is 22.4 Å². The van der Waals surface area contributed by atoms with Crippen LogP contribution < -0.4 is 0 Å². The van der Waals surface area contributed by atoms with Crippen molar-refractivity contribution in [2.45, 2.75) is 12.8 Å². The molecule has 3 nitrogen and oxygen atoms in total. The molecule has 1 atom stereocenters. The number of halogens is 1. The molecule has 0 aromatic rings. The summed E-state index contributed by atoms with van der Waals surface area (Å²) < 4.78 is 11.1. The van der Waals surface area contributed by atoms with Crippen LogP contribution in [-0.4, -0.2) is 22.5 Å². The fourth-order valence-corrected chi connectivity index (χ4v) is 0.144. The first-order valence-corrected chi connectivity index (χ1v) is 1.67. The number of carboxylic acids is 1. The van der Waals surface area contributed by atoms with Crippen LogP contribution in [0.4, 0.5) is 4.39 Å². The van der Waals surface area contributed by atoms with Crippen LogP contribution >= 0.6 is 0 Å². The number of aliphatic hydroxyl groups excluding tert-OH is 1. The molecule has 1 radical (unpaired) electrons. The number of aliphatic carboxylic acids is 1. The molecule has 1 unspecified atom stereocenters. The number of hydrogen-bond donors (Lipinski definition) is 2. The van der Waals surface area contributed by atoms with Crippen LogP contribution in [0.1, 0.15) is 6.42 Å². The van der Waals surface area contributed by atoms with Gasteiger partial charge in [0.1, 0.15) is 6.42 Å². The molecule has 0 spiro atoms. The van der Waals surface area contributed by atoms with Gasteiger partial charge in [-0.2, -0.15) is 0 Å². The van der Waals surface area contributed by atoms with Crippen molar-refractivity contribution in [2.75, 3.05) is 0 Å². The van der Waals surface area contributed by atoms with Crippen molar-refractivity contribution >= 4 is 5.97 Å². The maximum absolute atomic E-state index is 11.1. The van der Waals surface area contributed by atoms with Gasteiger partial charge in [0.2, 0.25) is 6.36 Å². The predicted molar refractivity (Wildman–Crippen MR) is 19.4 cm³/mol. The van der Waals surface area contributed by atoms with Gasteiger partial charge in [0.15, 0.2) is 0 Å². The van der Waals surface area contributed by atoms with E-state index in [9.17, 15) is 9.18 Å². The van der Waals surface area contributed by atoms with Crippen molar-refractivity contribution in [3.05, 3.63) is 0 Å². The van der Waals surface area contributed by atoms with Gasteiger partial charge < -0.3 is 10.2 Å². The minimum absolute atomic E-state index is 0. The van der Waals surface area contributed by atoms with Crippen molar-refractivity contribution in [2.24, 2.45) is 0 Å². The minimum Gasteiger partial charge on any atom is -0.481 e. The SMILES string of the molecule is O=C(O)CC(O)F.[Ag]. The molecule has 53 valence electrons. The van der Waals surface area contributed by atoms with E-state index in [1.165, 1.54) is 0 Å². The van der Waals surface area contributed by atoms with Gasteiger partial charge >= 0.3 is 5.97 Å². The Morgan fingerprint density at radius 1 is 1.75 bits per heavy atom. The van der Waals surface area contributed by atoms with Crippen LogP contribution in [0, 0.1) is 0 Å². The molecule has 0 heterocycles. The molecule has 0 bridgehead atoms. The van der Waals surface area contributed by atoms with Crippen molar-refractivity contribution in [3.63, 3.8) is 0 Å². The van der Waals surface area contributed by atoms with Crippen LogP contribution in [-0.2, 0) is 27.2 Å². The molecule has 0 aromatic carbocycles. The molecule has 0 aliphatic carbocycles. The summed E-state index contributed by atoms with van der Waals surface area (Å²) in [5, 5.41) is 15.4. The summed E-state index contributed by atoms with van der Waals surface area (Å²) in [7, 11) is 0. The van der Waals surface area contributed by atoms with Gasteiger partial charge in [0.25, 0.3) is 0 Å². The number of aliphatic hydroxyl groups is 1. The molecule has 0 saturated heterocycles. The normalized spacial score (nSPS) is 11.8. The first-order chi connectivity index (χ1) is 3.13. The Labute approximate surface area is 61.0 Å². The summed E-state index contributed by atoms with van der Waals surface area (Å²) in [5.41, 5.74) is 0. The van der Waals surface area contributed by atoms with E-state index >= 15 is 0 Å². The largest absolute Gasteiger partial charge is 0.481 e. The molecule has 0 aliphatic rings. The van der Waals surface area contributed by atoms with E-state index in [0.717, 1.165) is 0 Å². The molecule has 2 N–H and O–H groups in total. The van der Waals surface area contributed by atoms with Gasteiger partial charge in [-0.25, -0.2) is 4.39 Å². The topological polar surface area (TPSA) is 57.5 Å². The number of hydrogen-bond acceptors (Lipinski definition) is 2. The van der Waals surface area contributed by atoms with Crippen LogP contribution in [0.5, 0.6) is 0 Å². The third-order valence-electron chi connectivity index (χ3n) is 0.343. The van der Waals surface area contributed by atoms with Crippen molar-refractivity contribution in [3.8, 4) is 0 Å². The molecule has 0 rings (SSSR count). The Hall–Kier alpha value is 0.100. The van der Waals surface area contributed by atoms with Crippen LogP contribution in [0.15, 0.2) is 0 Å². The monoisotopic (exact) mass is 215 g/mol. The second kappa shape index (κ2) is 5.24. The maximum Gasteiger partial charge on any atom is 0.308 e. The Balaban J connectivity index is 0. The fourth-order valence-electron chi connectivity index (χ4n) is 0.144. The number of carbonyl (C=O) groups is 1. The molecular formula is C3H5AgFO3. The van der Waals surface area contributed by atoms with E-state index < -0.39 is 18.7 Å². The first kappa shape index (κ1) is 11.0. The van der Waals surface area contributed by atoms with Crippen molar-refractivity contribution in [1.82, 2.24) is 0 Å². The van der Waals surface area contributed by atoms with Crippen LogP contribution in [0.3, 0.4) is 0 Å². The fraction of sp³-hybridized carbons (Fsp3) is 0.667. The summed E-state index contributed by atoms with van der Waals surface area (Å²) in [4.78, 5) is 9.41. The summed E-state index contributed by atoms with van der Waals surface area (Å²) in [6, 6.07) is 0. The third kappa shape index (κ3) is 9.44. The van der Waals surface area contributed by atoms with E-state index in [1.807, 2.05) is 0 Å². The molecular weight excluding hydrogens is 211 g/mol. The van der Waals surface area contributed by atoms with Crippen molar-refractivity contribution in [1.29, 1.82) is 0 Å². The van der Waals surface area contributed by atoms with E-state index in [2.05, 4.69) is 0 Å². The zero-order valence-corrected chi connectivity index (χ0v) is 5.25. The summed E-state index contributed by atoms with van der Waals surface area (Å²) >= 11 is 0. The van der Waals surface area contributed by atoms with E-state index in [1.54, 1.807) is 0 Å². The Kier molecular flexibility index (Phi) is 7.19. The zero-order valence-electron chi connectivity index (χ0n) is 3.77. The summed E-state index contributed by atoms with van der Waals surface area (Å²) in [6.45, 7) is 0. The van der Waals surface area contributed by atoms with Gasteiger partial charge in [-0.1, -0.05) is 0 Å². The average molecular weight is 216 g/mol. The van der Waals surface area contributed by atoms with E-state index in [0.29, 0.717) is 0 Å². The number of alkyl halides is 1. The predicted octanol–water partition coefficient (Wildman–Crippen LogP) is -0.253. The number of carboxylic acid groups (broad SMARTS) is 1. The summed E-state index contributed by atoms with van der Waals surface area (Å²) in [6.07, 6.45) is -3.06. The standard InChI is InChI=1S/C3H5FO3.Ag/c4-2(5)1-3(6)7;/h2,5H,1H2,(H,6,7);. The summed E-state index contributed by atoms with van der Waals surface area (Å²) in [5.74, 6) is -1.34. The molecule has 0 aliphatic heterocycles. The third-order valence-corrected chi connectivity index (χ3v) is 0.343. The van der Waals surface area contributed by atoms with E-state index in [-0.39, 0.29) is 22.4 Å². The van der Waals surface area contributed by atoms with Gasteiger partial charge in [-0.15, -0.1) is 0 Å². The first-order valence-electron chi connectivity index (χ1n) is 1.67. The molecule has 8 heavy (non-hydrogen) atoms. The molecule has 0 fully saturated rings. The Bertz CT molecular complexity index is 74.9. The zero-order chi connectivity index (χ0) is 5.86. The van der Waals surface area contributed by atoms with Gasteiger partial charge in [-0.05, 0) is 0 Å². The molecule has 0 aromatic heterocycles.